The van der Waals surface area contributed by atoms with E-state index in [0.717, 1.165) is 0 Å². The SMILES string of the molecule is CC(C)C(=O)O.[Ba+2].[H-].[H-]. The first-order valence-electron chi connectivity index (χ1n) is 1.87. The molecule has 0 aromatic rings. The van der Waals surface area contributed by atoms with E-state index >= 15 is 0 Å². The van der Waals surface area contributed by atoms with Gasteiger partial charge in [0.25, 0.3) is 0 Å². The third kappa shape index (κ3) is 7.04. The average molecular weight is 227 g/mol. The second-order valence-electron chi connectivity index (χ2n) is 1.49. The van der Waals surface area contributed by atoms with Crippen molar-refractivity contribution in [1.82, 2.24) is 0 Å². The summed E-state index contributed by atoms with van der Waals surface area (Å²) in [6.45, 7) is 3.28. The molecule has 0 aromatic heterocycles. The van der Waals surface area contributed by atoms with Gasteiger partial charge in [-0.15, -0.1) is 0 Å². The maximum Gasteiger partial charge on any atom is 2.00 e. The molecule has 0 aliphatic heterocycles. The van der Waals surface area contributed by atoms with Crippen LogP contribution >= 0.6 is 0 Å². The van der Waals surface area contributed by atoms with Gasteiger partial charge >= 0.3 is 54.9 Å². The molecule has 7 heavy (non-hydrogen) atoms. The molecular formula is C4H10BaO2. The Hall–Kier alpha value is 1.04. The topological polar surface area (TPSA) is 37.3 Å². The molecule has 0 amide bonds. The van der Waals surface area contributed by atoms with Crippen molar-refractivity contribution in [1.29, 1.82) is 0 Å². The number of hydrogen-bond donors (Lipinski definition) is 1. The van der Waals surface area contributed by atoms with E-state index in [4.69, 9.17) is 5.11 Å². The smallest absolute Gasteiger partial charge is 1.00 e. The molecule has 40 valence electrons. The van der Waals surface area contributed by atoms with E-state index in [1.165, 1.54) is 0 Å². The third-order valence-corrected chi connectivity index (χ3v) is 0.494. The fourth-order valence-electron chi connectivity index (χ4n) is 0. The quantitative estimate of drug-likeness (QED) is 0.665. The van der Waals surface area contributed by atoms with Crippen molar-refractivity contribution in [2.45, 2.75) is 13.8 Å². The van der Waals surface area contributed by atoms with Crippen molar-refractivity contribution >= 4 is 54.9 Å². The molecule has 0 radical (unpaired) electrons. The second kappa shape index (κ2) is 5.18. The minimum absolute atomic E-state index is 0. The van der Waals surface area contributed by atoms with Gasteiger partial charge in [0.05, 0.1) is 5.92 Å². The first kappa shape index (κ1) is 10.9. The van der Waals surface area contributed by atoms with Crippen molar-refractivity contribution in [3.63, 3.8) is 0 Å². The summed E-state index contributed by atoms with van der Waals surface area (Å²) < 4.78 is 0. The van der Waals surface area contributed by atoms with Crippen LogP contribution in [0.4, 0.5) is 0 Å². The zero-order valence-electron chi connectivity index (χ0n) is 6.64. The zero-order chi connectivity index (χ0) is 5.15. The van der Waals surface area contributed by atoms with Crippen LogP contribution in [-0.2, 0) is 4.79 Å². The van der Waals surface area contributed by atoms with Gasteiger partial charge in [0, 0.05) is 0 Å². The number of carboxylic acids is 1. The third-order valence-electron chi connectivity index (χ3n) is 0.494. The maximum absolute atomic E-state index is 9.70. The average Bonchev–Trinajstić information content (AvgIpc) is 1.36. The summed E-state index contributed by atoms with van der Waals surface area (Å²) in [5.74, 6) is -0.972. The monoisotopic (exact) mass is 228 g/mol. The van der Waals surface area contributed by atoms with Crippen molar-refractivity contribution in [3.05, 3.63) is 0 Å². The fraction of sp³-hybridized carbons (Fsp3) is 0.750. The summed E-state index contributed by atoms with van der Waals surface area (Å²) in [6, 6.07) is 0. The van der Waals surface area contributed by atoms with Crippen molar-refractivity contribution < 1.29 is 12.8 Å². The Morgan fingerprint density at radius 2 is 1.86 bits per heavy atom. The maximum atomic E-state index is 9.70. The molecular weight excluding hydrogens is 217 g/mol. The second-order valence-corrected chi connectivity index (χ2v) is 1.49. The van der Waals surface area contributed by atoms with E-state index in [-0.39, 0.29) is 57.7 Å². The number of carboxylic acid groups (broad SMARTS) is 1. The van der Waals surface area contributed by atoms with E-state index in [9.17, 15) is 4.79 Å². The molecule has 0 heterocycles. The van der Waals surface area contributed by atoms with Crippen molar-refractivity contribution in [2.24, 2.45) is 5.92 Å². The van der Waals surface area contributed by atoms with Gasteiger partial charge in [-0.1, -0.05) is 13.8 Å². The van der Waals surface area contributed by atoms with Crippen LogP contribution in [-0.4, -0.2) is 60.0 Å². The molecule has 1 N–H and O–H groups in total. The predicted molar refractivity (Wildman–Crippen MR) is 30.5 cm³/mol. The summed E-state index contributed by atoms with van der Waals surface area (Å²) >= 11 is 0. The van der Waals surface area contributed by atoms with Crippen LogP contribution in [0.15, 0.2) is 0 Å². The van der Waals surface area contributed by atoms with Gasteiger partial charge in [-0.2, -0.15) is 0 Å². The molecule has 0 aliphatic carbocycles. The van der Waals surface area contributed by atoms with Gasteiger partial charge in [0.15, 0.2) is 0 Å². The summed E-state index contributed by atoms with van der Waals surface area (Å²) in [6.07, 6.45) is 0. The molecule has 0 saturated heterocycles. The molecule has 0 bridgehead atoms. The van der Waals surface area contributed by atoms with Crippen LogP contribution < -0.4 is 0 Å². The number of rotatable bonds is 1. The minimum atomic E-state index is -0.741. The van der Waals surface area contributed by atoms with E-state index < -0.39 is 5.97 Å². The summed E-state index contributed by atoms with van der Waals surface area (Å²) in [4.78, 5) is 9.70. The Labute approximate surface area is 86.3 Å². The number of carbonyl (C=O) groups is 1. The fourth-order valence-corrected chi connectivity index (χ4v) is 0. The summed E-state index contributed by atoms with van der Waals surface area (Å²) in [5.41, 5.74) is 0. The van der Waals surface area contributed by atoms with Crippen LogP contribution in [0.3, 0.4) is 0 Å². The molecule has 0 atom stereocenters. The Morgan fingerprint density at radius 1 is 1.71 bits per heavy atom. The first-order chi connectivity index (χ1) is 2.64. The van der Waals surface area contributed by atoms with Gasteiger partial charge in [-0.25, -0.2) is 0 Å². The normalized spacial score (nSPS) is 7.86. The van der Waals surface area contributed by atoms with Gasteiger partial charge in [0.1, 0.15) is 0 Å². The number of aliphatic carboxylic acids is 1. The molecule has 0 aromatic carbocycles. The van der Waals surface area contributed by atoms with Crippen LogP contribution in [0.1, 0.15) is 16.7 Å². The Kier molecular flexibility index (Phi) is 8.09. The van der Waals surface area contributed by atoms with Gasteiger partial charge < -0.3 is 7.96 Å². The Morgan fingerprint density at radius 3 is 1.86 bits per heavy atom. The standard InChI is InChI=1S/C4H8O2.Ba.2H/c1-3(2)4(5)6;;;/h3H,1-2H3,(H,5,6);;;/q;+2;2*-1. The van der Waals surface area contributed by atoms with Crippen molar-refractivity contribution in [2.75, 3.05) is 0 Å². The molecule has 0 saturated carbocycles. The van der Waals surface area contributed by atoms with Crippen molar-refractivity contribution in [3.8, 4) is 0 Å². The molecule has 0 rings (SSSR count). The molecule has 0 unspecified atom stereocenters. The van der Waals surface area contributed by atoms with E-state index in [1.807, 2.05) is 0 Å². The molecule has 0 fully saturated rings. The predicted octanol–water partition coefficient (Wildman–Crippen LogP) is 0.571. The summed E-state index contributed by atoms with van der Waals surface area (Å²) in [7, 11) is 0. The number of hydrogen-bond acceptors (Lipinski definition) is 1. The van der Waals surface area contributed by atoms with Crippen LogP contribution in [0.2, 0.25) is 0 Å². The molecule has 0 aliphatic rings. The van der Waals surface area contributed by atoms with E-state index in [1.54, 1.807) is 13.8 Å². The molecule has 2 nitrogen and oxygen atoms in total. The minimum Gasteiger partial charge on any atom is -1.00 e. The van der Waals surface area contributed by atoms with E-state index in [2.05, 4.69) is 0 Å². The van der Waals surface area contributed by atoms with Crippen LogP contribution in [0.5, 0.6) is 0 Å². The van der Waals surface area contributed by atoms with E-state index in [0.29, 0.717) is 0 Å². The molecule has 3 heteroatoms. The van der Waals surface area contributed by atoms with Crippen LogP contribution in [0.25, 0.3) is 0 Å². The Balaban J connectivity index is -0.0000000417. The van der Waals surface area contributed by atoms with Gasteiger partial charge in [-0.3, -0.25) is 4.79 Å². The molecule has 0 spiro atoms. The largest absolute Gasteiger partial charge is 2.00 e. The van der Waals surface area contributed by atoms with Gasteiger partial charge in [-0.05, 0) is 0 Å². The summed E-state index contributed by atoms with van der Waals surface area (Å²) in [5, 5.41) is 7.99. The Bertz CT molecular complexity index is 67.6. The first-order valence-corrected chi connectivity index (χ1v) is 1.87. The van der Waals surface area contributed by atoms with Crippen LogP contribution in [0, 0.1) is 5.92 Å². The van der Waals surface area contributed by atoms with Gasteiger partial charge in [0.2, 0.25) is 0 Å². The zero-order valence-corrected chi connectivity index (χ0v) is 9.08.